The van der Waals surface area contributed by atoms with Crippen LogP contribution in [0.3, 0.4) is 0 Å². The number of hydrogen-bond acceptors (Lipinski definition) is 3. The summed E-state index contributed by atoms with van der Waals surface area (Å²) in [5.41, 5.74) is 3.23. The van der Waals surface area contributed by atoms with Crippen LogP contribution in [-0.2, 0) is 9.59 Å². The summed E-state index contributed by atoms with van der Waals surface area (Å²) in [6, 6.07) is 6.37. The Labute approximate surface area is 144 Å². The highest BCUT2D eigenvalue weighted by atomic mass is 16.2. The molecule has 5 heteroatoms. The highest BCUT2D eigenvalue weighted by molar-refractivity contribution is 6.01. The van der Waals surface area contributed by atoms with Crippen LogP contribution < -0.4 is 10.2 Å². The van der Waals surface area contributed by atoms with E-state index in [4.69, 9.17) is 0 Å². The van der Waals surface area contributed by atoms with Crippen LogP contribution in [0.2, 0.25) is 0 Å². The van der Waals surface area contributed by atoms with Crippen molar-refractivity contribution in [1.82, 2.24) is 10.2 Å². The van der Waals surface area contributed by atoms with Crippen molar-refractivity contribution in [3.63, 3.8) is 0 Å². The Morgan fingerprint density at radius 1 is 1.25 bits per heavy atom. The third-order valence-corrected chi connectivity index (χ3v) is 5.48. The van der Waals surface area contributed by atoms with Gasteiger partial charge in [0, 0.05) is 37.8 Å². The fraction of sp³-hybridized carbons (Fsp3) is 0.579. The van der Waals surface area contributed by atoms with E-state index in [0.717, 1.165) is 37.2 Å². The molecule has 24 heavy (non-hydrogen) atoms. The van der Waals surface area contributed by atoms with Gasteiger partial charge in [-0.05, 0) is 50.9 Å². The van der Waals surface area contributed by atoms with Crippen LogP contribution in [0.15, 0.2) is 18.2 Å². The van der Waals surface area contributed by atoms with Crippen molar-refractivity contribution in [3.8, 4) is 0 Å². The molecule has 2 amide bonds. The molecule has 0 aliphatic carbocycles. The monoisotopic (exact) mass is 329 g/mol. The number of carbonyl (C=O) groups is 2. The van der Waals surface area contributed by atoms with Gasteiger partial charge in [0.2, 0.25) is 11.8 Å². The molecule has 0 bridgehead atoms. The first-order valence-corrected chi connectivity index (χ1v) is 8.84. The first kappa shape index (κ1) is 17.0. The van der Waals surface area contributed by atoms with Gasteiger partial charge in [-0.3, -0.25) is 9.59 Å². The van der Waals surface area contributed by atoms with Crippen molar-refractivity contribution in [2.45, 2.75) is 39.2 Å². The van der Waals surface area contributed by atoms with Crippen molar-refractivity contribution in [1.29, 1.82) is 0 Å². The molecule has 0 spiro atoms. The molecule has 2 heterocycles. The standard InChI is InChI=1S/C19H27N3O2/c1-13-6-4-8-17(14(13)2)22-11-15(10-18(22)23)19(24)21-9-5-7-16(12-21)20-3/h4,6,8,15-16,20H,5,7,9-12H2,1-3H3. The Morgan fingerprint density at radius 2 is 2.04 bits per heavy atom. The quantitative estimate of drug-likeness (QED) is 0.921. The third-order valence-electron chi connectivity index (χ3n) is 5.48. The highest BCUT2D eigenvalue weighted by Crippen LogP contribution is 2.30. The molecule has 0 saturated carbocycles. The lowest BCUT2D eigenvalue weighted by molar-refractivity contribution is -0.137. The van der Waals surface area contributed by atoms with E-state index >= 15 is 0 Å². The SMILES string of the molecule is CNC1CCCN(C(=O)C2CC(=O)N(c3cccc(C)c3C)C2)C1. The first-order valence-electron chi connectivity index (χ1n) is 8.84. The molecule has 130 valence electrons. The summed E-state index contributed by atoms with van der Waals surface area (Å²) in [4.78, 5) is 29.1. The number of piperidine rings is 1. The highest BCUT2D eigenvalue weighted by Gasteiger charge is 2.38. The molecular weight excluding hydrogens is 302 g/mol. The summed E-state index contributed by atoms with van der Waals surface area (Å²) in [6.07, 6.45) is 2.46. The van der Waals surface area contributed by atoms with Gasteiger partial charge < -0.3 is 15.1 Å². The number of rotatable bonds is 3. The van der Waals surface area contributed by atoms with E-state index in [2.05, 4.69) is 5.32 Å². The number of aryl methyl sites for hydroxylation is 1. The molecule has 1 aromatic carbocycles. The van der Waals surface area contributed by atoms with Crippen LogP contribution >= 0.6 is 0 Å². The molecule has 1 aromatic rings. The Kier molecular flexibility index (Phi) is 4.90. The summed E-state index contributed by atoms with van der Waals surface area (Å²) >= 11 is 0. The maximum absolute atomic E-state index is 12.9. The number of hydrogen-bond donors (Lipinski definition) is 1. The van der Waals surface area contributed by atoms with Gasteiger partial charge in [0.1, 0.15) is 0 Å². The molecule has 2 aliphatic rings. The minimum atomic E-state index is -0.215. The van der Waals surface area contributed by atoms with Crippen LogP contribution in [0.1, 0.15) is 30.4 Å². The number of carbonyl (C=O) groups excluding carboxylic acids is 2. The van der Waals surface area contributed by atoms with Crippen molar-refractivity contribution >= 4 is 17.5 Å². The Balaban J connectivity index is 1.72. The van der Waals surface area contributed by atoms with Gasteiger partial charge in [-0.15, -0.1) is 0 Å². The summed E-state index contributed by atoms with van der Waals surface area (Å²) in [5, 5.41) is 3.27. The van der Waals surface area contributed by atoms with E-state index in [-0.39, 0.29) is 17.7 Å². The zero-order chi connectivity index (χ0) is 17.3. The molecule has 2 atom stereocenters. The summed E-state index contributed by atoms with van der Waals surface area (Å²) in [6.45, 7) is 6.15. The maximum atomic E-state index is 12.9. The van der Waals surface area contributed by atoms with E-state index in [1.165, 1.54) is 5.56 Å². The average molecular weight is 329 g/mol. The molecule has 2 unspecified atom stereocenters. The van der Waals surface area contributed by atoms with Crippen molar-refractivity contribution in [2.75, 3.05) is 31.6 Å². The lowest BCUT2D eigenvalue weighted by Gasteiger charge is -2.34. The number of likely N-dealkylation sites (N-methyl/N-ethyl adjacent to an activating group) is 1. The maximum Gasteiger partial charge on any atom is 0.228 e. The third kappa shape index (κ3) is 3.18. The van der Waals surface area contributed by atoms with E-state index in [1.807, 2.05) is 44.0 Å². The van der Waals surface area contributed by atoms with Crippen molar-refractivity contribution < 1.29 is 9.59 Å². The van der Waals surface area contributed by atoms with E-state index in [0.29, 0.717) is 19.0 Å². The van der Waals surface area contributed by atoms with Crippen LogP contribution in [0, 0.1) is 19.8 Å². The van der Waals surface area contributed by atoms with Gasteiger partial charge in [0.05, 0.1) is 5.92 Å². The summed E-state index contributed by atoms with van der Waals surface area (Å²) < 4.78 is 0. The van der Waals surface area contributed by atoms with Gasteiger partial charge >= 0.3 is 0 Å². The largest absolute Gasteiger partial charge is 0.341 e. The van der Waals surface area contributed by atoms with E-state index in [1.54, 1.807) is 4.90 Å². The predicted molar refractivity (Wildman–Crippen MR) is 95.0 cm³/mol. The second kappa shape index (κ2) is 6.93. The zero-order valence-corrected chi connectivity index (χ0v) is 14.8. The topological polar surface area (TPSA) is 52.7 Å². The molecule has 2 aliphatic heterocycles. The molecule has 0 aromatic heterocycles. The van der Waals surface area contributed by atoms with Crippen molar-refractivity contribution in [3.05, 3.63) is 29.3 Å². The normalized spacial score (nSPS) is 24.5. The Hall–Kier alpha value is -1.88. The fourth-order valence-corrected chi connectivity index (χ4v) is 3.80. The second-order valence-corrected chi connectivity index (χ2v) is 7.04. The molecule has 2 fully saturated rings. The average Bonchev–Trinajstić information content (AvgIpc) is 2.98. The molecular formula is C19H27N3O2. The van der Waals surface area contributed by atoms with Gasteiger partial charge in [-0.25, -0.2) is 0 Å². The summed E-state index contributed by atoms with van der Waals surface area (Å²) in [7, 11) is 1.94. The van der Waals surface area contributed by atoms with E-state index < -0.39 is 0 Å². The zero-order valence-electron chi connectivity index (χ0n) is 14.8. The van der Waals surface area contributed by atoms with E-state index in [9.17, 15) is 9.59 Å². The predicted octanol–water partition coefficient (Wildman–Crippen LogP) is 1.87. The summed E-state index contributed by atoms with van der Waals surface area (Å²) in [5.74, 6) is -0.0200. The molecule has 1 N–H and O–H groups in total. The molecule has 3 rings (SSSR count). The minimum absolute atomic E-state index is 0.0595. The number of anilines is 1. The van der Waals surface area contributed by atoms with Crippen LogP contribution in [0.4, 0.5) is 5.69 Å². The van der Waals surface area contributed by atoms with Gasteiger partial charge in [0.15, 0.2) is 0 Å². The number of nitrogens with zero attached hydrogens (tertiary/aromatic N) is 2. The lowest BCUT2D eigenvalue weighted by atomic mass is 10.0. The van der Waals surface area contributed by atoms with Gasteiger partial charge in [-0.1, -0.05) is 12.1 Å². The van der Waals surface area contributed by atoms with Gasteiger partial charge in [-0.2, -0.15) is 0 Å². The number of benzene rings is 1. The smallest absolute Gasteiger partial charge is 0.228 e. The molecule has 5 nitrogen and oxygen atoms in total. The van der Waals surface area contributed by atoms with Crippen LogP contribution in [0.5, 0.6) is 0 Å². The minimum Gasteiger partial charge on any atom is -0.341 e. The Bertz CT molecular complexity index is 643. The first-order chi connectivity index (χ1) is 11.5. The Morgan fingerprint density at radius 3 is 2.79 bits per heavy atom. The fourth-order valence-electron chi connectivity index (χ4n) is 3.80. The lowest BCUT2D eigenvalue weighted by Crippen LogP contribution is -2.49. The molecule has 0 radical (unpaired) electrons. The number of nitrogens with one attached hydrogen (secondary N) is 1. The van der Waals surface area contributed by atoms with Crippen molar-refractivity contribution in [2.24, 2.45) is 5.92 Å². The van der Waals surface area contributed by atoms with Crippen LogP contribution in [0.25, 0.3) is 0 Å². The van der Waals surface area contributed by atoms with Gasteiger partial charge in [0.25, 0.3) is 0 Å². The van der Waals surface area contributed by atoms with Crippen LogP contribution in [-0.4, -0.2) is 49.4 Å². The second-order valence-electron chi connectivity index (χ2n) is 7.04. The molecule has 2 saturated heterocycles. The number of amides is 2. The number of likely N-dealkylation sites (tertiary alicyclic amines) is 1.